The van der Waals surface area contributed by atoms with Gasteiger partial charge in [-0.05, 0) is 62.4 Å². The Morgan fingerprint density at radius 3 is 2.55 bits per heavy atom. The molecule has 0 aliphatic carbocycles. The zero-order valence-corrected chi connectivity index (χ0v) is 17.4. The molecule has 0 saturated carbocycles. The Hall–Kier alpha value is -2.84. The van der Waals surface area contributed by atoms with Crippen molar-refractivity contribution in [1.29, 1.82) is 0 Å². The molecule has 2 aromatic heterocycles. The van der Waals surface area contributed by atoms with Crippen LogP contribution in [0.1, 0.15) is 18.6 Å². The highest BCUT2D eigenvalue weighted by atomic mass is 35.5. The summed E-state index contributed by atoms with van der Waals surface area (Å²) in [4.78, 5) is 4.48. The molecule has 29 heavy (non-hydrogen) atoms. The van der Waals surface area contributed by atoms with Crippen LogP contribution in [0.25, 0.3) is 17.1 Å². The molecule has 0 atom stereocenters. The highest BCUT2D eigenvalue weighted by Crippen LogP contribution is 2.26. The SMILES string of the molecule is CCOc1ccc(-c2noc(CSc3nnc(C)n3-c3ccc(Cl)cc3)n2)cc1. The van der Waals surface area contributed by atoms with Crippen molar-refractivity contribution in [1.82, 2.24) is 24.9 Å². The monoisotopic (exact) mass is 427 g/mol. The normalized spacial score (nSPS) is 11.0. The molecule has 9 heteroatoms. The van der Waals surface area contributed by atoms with Crippen LogP contribution in [0.15, 0.2) is 58.2 Å². The second kappa shape index (κ2) is 8.67. The van der Waals surface area contributed by atoms with Crippen LogP contribution in [0, 0.1) is 6.92 Å². The quantitative estimate of drug-likeness (QED) is 0.385. The Bertz CT molecular complexity index is 1090. The molecular weight excluding hydrogens is 410 g/mol. The van der Waals surface area contributed by atoms with Gasteiger partial charge in [-0.3, -0.25) is 4.57 Å². The van der Waals surface area contributed by atoms with Gasteiger partial charge in [0.1, 0.15) is 11.6 Å². The molecule has 0 fully saturated rings. The maximum absolute atomic E-state index is 5.99. The van der Waals surface area contributed by atoms with Crippen LogP contribution >= 0.6 is 23.4 Å². The van der Waals surface area contributed by atoms with Crippen molar-refractivity contribution in [3.63, 3.8) is 0 Å². The van der Waals surface area contributed by atoms with Gasteiger partial charge >= 0.3 is 0 Å². The zero-order chi connectivity index (χ0) is 20.2. The third-order valence-corrected chi connectivity index (χ3v) is 5.26. The summed E-state index contributed by atoms with van der Waals surface area (Å²) < 4.78 is 12.8. The van der Waals surface area contributed by atoms with E-state index < -0.39 is 0 Å². The fourth-order valence-electron chi connectivity index (χ4n) is 2.75. The first-order valence-corrected chi connectivity index (χ1v) is 10.4. The number of rotatable bonds is 7. The van der Waals surface area contributed by atoms with Gasteiger partial charge in [-0.25, -0.2) is 0 Å². The summed E-state index contributed by atoms with van der Waals surface area (Å²) in [6.07, 6.45) is 0. The van der Waals surface area contributed by atoms with Crippen LogP contribution in [-0.4, -0.2) is 31.5 Å². The molecular formula is C20H18ClN5O2S. The molecule has 4 rings (SSSR count). The lowest BCUT2D eigenvalue weighted by Gasteiger charge is -2.07. The van der Waals surface area contributed by atoms with E-state index in [1.165, 1.54) is 11.8 Å². The van der Waals surface area contributed by atoms with Crippen LogP contribution < -0.4 is 4.74 Å². The van der Waals surface area contributed by atoms with Gasteiger partial charge in [-0.1, -0.05) is 28.5 Å². The smallest absolute Gasteiger partial charge is 0.237 e. The number of aromatic nitrogens is 5. The van der Waals surface area contributed by atoms with Gasteiger partial charge in [0.05, 0.1) is 12.4 Å². The van der Waals surface area contributed by atoms with E-state index in [2.05, 4.69) is 20.3 Å². The van der Waals surface area contributed by atoms with Crippen molar-refractivity contribution in [3.05, 3.63) is 65.3 Å². The maximum atomic E-state index is 5.99. The van der Waals surface area contributed by atoms with Crippen LogP contribution in [0.3, 0.4) is 0 Å². The molecule has 148 valence electrons. The van der Waals surface area contributed by atoms with E-state index in [0.717, 1.165) is 28.0 Å². The number of halogens is 1. The minimum atomic E-state index is 0.482. The van der Waals surface area contributed by atoms with E-state index in [1.54, 1.807) is 0 Å². The van der Waals surface area contributed by atoms with Crippen molar-refractivity contribution in [3.8, 4) is 22.8 Å². The minimum Gasteiger partial charge on any atom is -0.494 e. The molecule has 2 heterocycles. The van der Waals surface area contributed by atoms with E-state index in [4.69, 9.17) is 20.9 Å². The van der Waals surface area contributed by atoms with E-state index in [9.17, 15) is 0 Å². The number of aryl methyl sites for hydroxylation is 1. The second-order valence-electron chi connectivity index (χ2n) is 6.10. The standard InChI is InChI=1S/C20H18ClN5O2S/c1-3-27-17-10-4-14(5-11-17)19-22-18(28-25-19)12-29-20-24-23-13(2)26(20)16-8-6-15(21)7-9-16/h4-11H,3,12H2,1-2H3. The molecule has 0 unspecified atom stereocenters. The molecule has 0 aliphatic heterocycles. The number of ether oxygens (including phenoxy) is 1. The molecule has 0 bridgehead atoms. The van der Waals surface area contributed by atoms with Gasteiger partial charge in [0.2, 0.25) is 11.7 Å². The average molecular weight is 428 g/mol. The molecule has 0 aliphatic rings. The first kappa shape index (κ1) is 19.5. The summed E-state index contributed by atoms with van der Waals surface area (Å²) in [7, 11) is 0. The van der Waals surface area contributed by atoms with Crippen LogP contribution in [0.4, 0.5) is 0 Å². The summed E-state index contributed by atoms with van der Waals surface area (Å²) in [6, 6.07) is 15.1. The second-order valence-corrected chi connectivity index (χ2v) is 7.48. The van der Waals surface area contributed by atoms with Crippen molar-refractivity contribution in [2.24, 2.45) is 0 Å². The molecule has 0 amide bonds. The number of hydrogen-bond acceptors (Lipinski definition) is 7. The van der Waals surface area contributed by atoms with Crippen LogP contribution in [0.5, 0.6) is 5.75 Å². The Labute approximate surface area is 177 Å². The lowest BCUT2D eigenvalue weighted by molar-refractivity contribution is 0.340. The number of hydrogen-bond donors (Lipinski definition) is 0. The summed E-state index contributed by atoms with van der Waals surface area (Å²) in [5.41, 5.74) is 1.81. The number of benzene rings is 2. The van der Waals surface area contributed by atoms with Gasteiger partial charge in [-0.15, -0.1) is 10.2 Å². The number of nitrogens with zero attached hydrogens (tertiary/aromatic N) is 5. The summed E-state index contributed by atoms with van der Waals surface area (Å²) >= 11 is 7.47. The Kier molecular flexibility index (Phi) is 5.82. The zero-order valence-electron chi connectivity index (χ0n) is 15.9. The molecule has 7 nitrogen and oxygen atoms in total. The van der Waals surface area contributed by atoms with Gasteiger partial charge in [0, 0.05) is 16.3 Å². The predicted molar refractivity (Wildman–Crippen MR) is 112 cm³/mol. The van der Waals surface area contributed by atoms with Crippen molar-refractivity contribution < 1.29 is 9.26 Å². The van der Waals surface area contributed by atoms with E-state index in [0.29, 0.717) is 29.1 Å². The summed E-state index contributed by atoms with van der Waals surface area (Å²) in [6.45, 7) is 4.48. The largest absolute Gasteiger partial charge is 0.494 e. The molecule has 0 N–H and O–H groups in total. The molecule has 0 spiro atoms. The minimum absolute atomic E-state index is 0.482. The molecule has 0 radical (unpaired) electrons. The third kappa shape index (κ3) is 4.44. The fourth-order valence-corrected chi connectivity index (χ4v) is 3.71. The van der Waals surface area contributed by atoms with Crippen molar-refractivity contribution in [2.45, 2.75) is 24.8 Å². The average Bonchev–Trinajstić information content (AvgIpc) is 3.35. The maximum Gasteiger partial charge on any atom is 0.237 e. The molecule has 4 aromatic rings. The Balaban J connectivity index is 1.47. The first-order valence-electron chi connectivity index (χ1n) is 9.00. The molecule has 0 saturated heterocycles. The van der Waals surface area contributed by atoms with Gasteiger partial charge < -0.3 is 9.26 Å². The van der Waals surface area contributed by atoms with E-state index in [1.807, 2.05) is 66.9 Å². The van der Waals surface area contributed by atoms with E-state index >= 15 is 0 Å². The third-order valence-electron chi connectivity index (χ3n) is 4.10. The lowest BCUT2D eigenvalue weighted by Crippen LogP contribution is -1.99. The summed E-state index contributed by atoms with van der Waals surface area (Å²) in [5, 5.41) is 13.9. The highest BCUT2D eigenvalue weighted by molar-refractivity contribution is 7.98. The van der Waals surface area contributed by atoms with Crippen LogP contribution in [0.2, 0.25) is 5.02 Å². The van der Waals surface area contributed by atoms with E-state index in [-0.39, 0.29) is 0 Å². The van der Waals surface area contributed by atoms with Crippen molar-refractivity contribution >= 4 is 23.4 Å². The number of thioether (sulfide) groups is 1. The van der Waals surface area contributed by atoms with Crippen molar-refractivity contribution in [2.75, 3.05) is 6.61 Å². The fraction of sp³-hybridized carbons (Fsp3) is 0.200. The van der Waals surface area contributed by atoms with Gasteiger partial charge in [0.25, 0.3) is 0 Å². The molecule has 2 aromatic carbocycles. The predicted octanol–water partition coefficient (Wildman–Crippen LogP) is 4.97. The first-order chi connectivity index (χ1) is 14.1. The topological polar surface area (TPSA) is 78.9 Å². The highest BCUT2D eigenvalue weighted by Gasteiger charge is 2.15. The van der Waals surface area contributed by atoms with Gasteiger partial charge in [-0.2, -0.15) is 4.98 Å². The Morgan fingerprint density at radius 1 is 1.07 bits per heavy atom. The summed E-state index contributed by atoms with van der Waals surface area (Å²) in [5.74, 6) is 3.14. The van der Waals surface area contributed by atoms with Gasteiger partial charge in [0.15, 0.2) is 5.16 Å². The Morgan fingerprint density at radius 2 is 1.83 bits per heavy atom. The van der Waals surface area contributed by atoms with Crippen LogP contribution in [-0.2, 0) is 5.75 Å². The lowest BCUT2D eigenvalue weighted by atomic mass is 10.2.